The van der Waals surface area contributed by atoms with Crippen molar-refractivity contribution in [2.45, 2.75) is 26.1 Å². The molecule has 1 aromatic rings. The molecule has 0 saturated carbocycles. The Morgan fingerprint density at radius 1 is 1.21 bits per heavy atom. The summed E-state index contributed by atoms with van der Waals surface area (Å²) in [6.07, 6.45) is -1.36. The summed E-state index contributed by atoms with van der Waals surface area (Å²) in [7, 11) is 1.77. The van der Waals surface area contributed by atoms with Gasteiger partial charge in [-0.25, -0.2) is 9.18 Å². The number of carbonyl (C=O) groups is 2. The summed E-state index contributed by atoms with van der Waals surface area (Å²) >= 11 is 0. The van der Waals surface area contributed by atoms with E-state index in [1.54, 1.807) is 59.9 Å². The van der Waals surface area contributed by atoms with Crippen molar-refractivity contribution in [2.24, 2.45) is 5.41 Å². The molecule has 3 rings (SSSR count). The molecule has 0 spiro atoms. The molecule has 3 amide bonds. The van der Waals surface area contributed by atoms with E-state index in [9.17, 15) is 14.0 Å². The minimum atomic E-state index is -1.36. The zero-order chi connectivity index (χ0) is 17.5. The summed E-state index contributed by atoms with van der Waals surface area (Å²) in [5, 5.41) is 0. The Morgan fingerprint density at radius 2 is 1.88 bits per heavy atom. The van der Waals surface area contributed by atoms with Crippen LogP contribution in [0.5, 0.6) is 0 Å². The zero-order valence-electron chi connectivity index (χ0n) is 14.4. The minimum Gasteiger partial charge on any atom is -0.338 e. The van der Waals surface area contributed by atoms with Gasteiger partial charge in [-0.2, -0.15) is 0 Å². The number of carbonyl (C=O) groups excluding carboxylic acids is 2. The Bertz CT molecular complexity index is 634. The number of benzene rings is 1. The van der Waals surface area contributed by atoms with E-state index in [1.165, 1.54) is 0 Å². The normalized spacial score (nSPS) is 22.6. The highest BCUT2D eigenvalue weighted by molar-refractivity contribution is 5.84. The third-order valence-electron chi connectivity index (χ3n) is 5.10. The van der Waals surface area contributed by atoms with Crippen molar-refractivity contribution in [3.05, 3.63) is 35.9 Å². The second-order valence-electron chi connectivity index (χ2n) is 7.26. The number of rotatable bonds is 3. The second kappa shape index (κ2) is 6.07. The van der Waals surface area contributed by atoms with Crippen molar-refractivity contribution >= 4 is 11.9 Å². The lowest BCUT2D eigenvalue weighted by molar-refractivity contribution is -0.146. The quantitative estimate of drug-likeness (QED) is 0.852. The number of piperazine rings is 1. The second-order valence-corrected chi connectivity index (χ2v) is 7.26. The van der Waals surface area contributed by atoms with Gasteiger partial charge in [0.2, 0.25) is 5.91 Å². The van der Waals surface area contributed by atoms with Gasteiger partial charge in [0.25, 0.3) is 0 Å². The van der Waals surface area contributed by atoms with Crippen molar-refractivity contribution in [1.82, 2.24) is 14.7 Å². The van der Waals surface area contributed by atoms with E-state index in [-0.39, 0.29) is 18.0 Å². The van der Waals surface area contributed by atoms with Gasteiger partial charge in [-0.3, -0.25) is 4.79 Å². The predicted octanol–water partition coefficient (Wildman–Crippen LogP) is 2.30. The molecule has 2 aliphatic rings. The van der Waals surface area contributed by atoms with Crippen molar-refractivity contribution in [2.75, 3.05) is 33.2 Å². The summed E-state index contributed by atoms with van der Waals surface area (Å²) in [5.74, 6) is -0.194. The van der Waals surface area contributed by atoms with Gasteiger partial charge in [-0.05, 0) is 19.4 Å². The molecule has 2 atom stereocenters. The molecule has 2 aliphatic heterocycles. The largest absolute Gasteiger partial charge is 0.338 e. The highest BCUT2D eigenvalue weighted by Gasteiger charge is 2.45. The molecule has 0 aromatic heterocycles. The van der Waals surface area contributed by atoms with Crippen molar-refractivity contribution in [1.29, 1.82) is 0 Å². The number of alkyl halides is 1. The maximum Gasteiger partial charge on any atom is 0.320 e. The number of hydrogen-bond donors (Lipinski definition) is 0. The number of urea groups is 1. The number of fused-ring (bicyclic) bond motifs is 1. The molecule has 24 heavy (non-hydrogen) atoms. The number of likely N-dealkylation sites (N-methyl/N-ethyl adjacent to an activating group) is 1. The molecule has 1 aromatic carbocycles. The van der Waals surface area contributed by atoms with E-state index < -0.39 is 11.6 Å². The first kappa shape index (κ1) is 16.7. The highest BCUT2D eigenvalue weighted by atomic mass is 19.1. The topological polar surface area (TPSA) is 43.9 Å². The van der Waals surface area contributed by atoms with Gasteiger partial charge in [-0.1, -0.05) is 30.3 Å². The lowest BCUT2D eigenvalue weighted by Crippen LogP contribution is -2.56. The number of nitrogens with zero attached hydrogens (tertiary/aromatic N) is 3. The fraction of sp³-hybridized carbons (Fsp3) is 0.556. The van der Waals surface area contributed by atoms with Crippen LogP contribution in [0.4, 0.5) is 9.18 Å². The van der Waals surface area contributed by atoms with Crippen LogP contribution in [0.3, 0.4) is 0 Å². The summed E-state index contributed by atoms with van der Waals surface area (Å²) in [6, 6.07) is 8.83. The molecule has 2 saturated heterocycles. The predicted molar refractivity (Wildman–Crippen MR) is 89.2 cm³/mol. The monoisotopic (exact) mass is 333 g/mol. The van der Waals surface area contributed by atoms with Crippen LogP contribution in [0.2, 0.25) is 0 Å². The van der Waals surface area contributed by atoms with Crippen molar-refractivity contribution in [3.8, 4) is 0 Å². The molecule has 2 unspecified atom stereocenters. The number of hydrogen-bond acceptors (Lipinski definition) is 2. The van der Waals surface area contributed by atoms with Gasteiger partial charge in [0.15, 0.2) is 0 Å². The van der Waals surface area contributed by atoms with Crippen LogP contribution in [0.15, 0.2) is 30.3 Å². The fourth-order valence-corrected chi connectivity index (χ4v) is 3.62. The van der Waals surface area contributed by atoms with E-state index >= 15 is 0 Å². The van der Waals surface area contributed by atoms with Crippen LogP contribution < -0.4 is 0 Å². The minimum absolute atomic E-state index is 0.00536. The molecule has 6 heteroatoms. The summed E-state index contributed by atoms with van der Waals surface area (Å²) in [5.41, 5.74) is -0.622. The SMILES string of the molecule is CN1CC2CN(C(=O)C(C)(C)C(F)c3ccccc3)CCN2C1=O. The molecule has 130 valence electrons. The van der Waals surface area contributed by atoms with E-state index in [0.717, 1.165) is 0 Å². The smallest absolute Gasteiger partial charge is 0.320 e. The standard InChI is InChI=1S/C18H24FN3O2/c1-18(2,15(19)13-7-5-4-6-8-13)16(23)21-9-10-22-14(12-21)11-20(3)17(22)24/h4-8,14-15H,9-12H2,1-3H3. The van der Waals surface area contributed by atoms with Crippen molar-refractivity contribution < 1.29 is 14.0 Å². The van der Waals surface area contributed by atoms with Gasteiger partial charge < -0.3 is 14.7 Å². The molecule has 0 aliphatic carbocycles. The molecule has 0 N–H and O–H groups in total. The van der Waals surface area contributed by atoms with E-state index in [2.05, 4.69) is 0 Å². The summed E-state index contributed by atoms with van der Waals surface area (Å²) in [4.78, 5) is 30.1. The first-order valence-corrected chi connectivity index (χ1v) is 8.32. The molecule has 5 nitrogen and oxygen atoms in total. The highest BCUT2D eigenvalue weighted by Crippen LogP contribution is 2.39. The molecular formula is C18H24FN3O2. The molecule has 0 bridgehead atoms. The lowest BCUT2D eigenvalue weighted by atomic mass is 9.82. The van der Waals surface area contributed by atoms with Gasteiger partial charge in [0, 0.05) is 33.2 Å². The average Bonchev–Trinajstić information content (AvgIpc) is 2.88. The van der Waals surface area contributed by atoms with Gasteiger partial charge in [-0.15, -0.1) is 0 Å². The van der Waals surface area contributed by atoms with E-state index in [1.807, 2.05) is 6.07 Å². The fourth-order valence-electron chi connectivity index (χ4n) is 3.62. The average molecular weight is 333 g/mol. The molecule has 2 fully saturated rings. The maximum absolute atomic E-state index is 15.0. The van der Waals surface area contributed by atoms with Crippen LogP contribution in [0.25, 0.3) is 0 Å². The van der Waals surface area contributed by atoms with Crippen LogP contribution in [-0.2, 0) is 4.79 Å². The van der Waals surface area contributed by atoms with Crippen molar-refractivity contribution in [3.63, 3.8) is 0 Å². The van der Waals surface area contributed by atoms with Crippen LogP contribution in [-0.4, -0.2) is 65.9 Å². The summed E-state index contributed by atoms with van der Waals surface area (Å²) < 4.78 is 15.0. The number of amides is 3. The Morgan fingerprint density at radius 3 is 2.54 bits per heavy atom. The molecular weight excluding hydrogens is 309 g/mol. The van der Waals surface area contributed by atoms with Gasteiger partial charge in [0.05, 0.1) is 11.5 Å². The van der Waals surface area contributed by atoms with Crippen LogP contribution in [0.1, 0.15) is 25.6 Å². The Labute approximate surface area is 142 Å². The first-order valence-electron chi connectivity index (χ1n) is 8.32. The third-order valence-corrected chi connectivity index (χ3v) is 5.10. The first-order chi connectivity index (χ1) is 11.3. The third kappa shape index (κ3) is 2.74. The molecule has 0 radical (unpaired) electrons. The van der Waals surface area contributed by atoms with Gasteiger partial charge in [0.1, 0.15) is 6.17 Å². The summed E-state index contributed by atoms with van der Waals surface area (Å²) in [6.45, 7) is 5.37. The van der Waals surface area contributed by atoms with Gasteiger partial charge >= 0.3 is 6.03 Å². The van der Waals surface area contributed by atoms with E-state index in [4.69, 9.17) is 0 Å². The Hall–Kier alpha value is -2.11. The number of halogens is 1. The lowest BCUT2D eigenvalue weighted by Gasteiger charge is -2.40. The van der Waals surface area contributed by atoms with Crippen LogP contribution in [0, 0.1) is 5.41 Å². The van der Waals surface area contributed by atoms with E-state index in [0.29, 0.717) is 31.7 Å². The Balaban J connectivity index is 1.73. The zero-order valence-corrected chi connectivity index (χ0v) is 14.4. The van der Waals surface area contributed by atoms with Crippen LogP contribution >= 0.6 is 0 Å². The maximum atomic E-state index is 15.0. The Kier molecular flexibility index (Phi) is 4.24. The molecule has 2 heterocycles.